The molecule has 0 saturated carbocycles. The molecule has 4 heteroatoms. The number of nitrogens with one attached hydrogen (secondary N) is 1. The lowest BCUT2D eigenvalue weighted by molar-refractivity contribution is 0.0910. The summed E-state index contributed by atoms with van der Waals surface area (Å²) < 4.78 is 0. The number of amides is 1. The second-order valence-corrected chi connectivity index (χ2v) is 8.70. The molecule has 1 aliphatic rings. The molecule has 0 spiro atoms. The van der Waals surface area contributed by atoms with Crippen LogP contribution in [0.5, 0.6) is 0 Å². The first-order valence-corrected chi connectivity index (χ1v) is 11.5. The Morgan fingerprint density at radius 1 is 0.903 bits per heavy atom. The molecular formula is C27H29ClN2O. The minimum Gasteiger partial charge on any atom is -0.349 e. The molecule has 160 valence electrons. The predicted octanol–water partition coefficient (Wildman–Crippen LogP) is 5.76. The van der Waals surface area contributed by atoms with E-state index >= 15 is 0 Å². The summed E-state index contributed by atoms with van der Waals surface area (Å²) in [5.74, 6) is 0.372. The smallest absolute Gasteiger partial charge is 0.251 e. The lowest BCUT2D eigenvalue weighted by Crippen LogP contribution is -2.45. The molecule has 3 nitrogen and oxygen atoms in total. The van der Waals surface area contributed by atoms with Gasteiger partial charge in [-0.3, -0.25) is 4.79 Å². The lowest BCUT2D eigenvalue weighted by atomic mass is 9.88. The zero-order chi connectivity index (χ0) is 21.5. The molecule has 0 unspecified atom stereocenters. The van der Waals surface area contributed by atoms with Gasteiger partial charge in [0.2, 0.25) is 0 Å². The van der Waals surface area contributed by atoms with Crippen LogP contribution in [-0.4, -0.2) is 36.5 Å². The molecule has 0 radical (unpaired) electrons. The highest BCUT2D eigenvalue weighted by molar-refractivity contribution is 6.30. The Kier molecular flexibility index (Phi) is 7.39. The molecule has 1 heterocycles. The molecule has 1 saturated heterocycles. The third kappa shape index (κ3) is 5.96. The summed E-state index contributed by atoms with van der Waals surface area (Å²) in [6.45, 7) is 3.08. The third-order valence-electron chi connectivity index (χ3n) is 6.15. The number of rotatable bonds is 7. The highest BCUT2D eigenvalue weighted by Crippen LogP contribution is 2.28. The van der Waals surface area contributed by atoms with E-state index in [-0.39, 0.29) is 11.9 Å². The van der Waals surface area contributed by atoms with E-state index < -0.39 is 0 Å². The summed E-state index contributed by atoms with van der Waals surface area (Å²) in [7, 11) is 0. The second kappa shape index (κ2) is 10.6. The number of carbonyl (C=O) groups excluding carboxylic acids is 1. The summed E-state index contributed by atoms with van der Waals surface area (Å²) in [4.78, 5) is 15.0. The first-order chi connectivity index (χ1) is 15.2. The van der Waals surface area contributed by atoms with Crippen molar-refractivity contribution >= 4 is 17.5 Å². The van der Waals surface area contributed by atoms with E-state index in [0.29, 0.717) is 16.5 Å². The molecule has 4 rings (SSSR count). The quantitative estimate of drug-likeness (QED) is 0.515. The van der Waals surface area contributed by atoms with Gasteiger partial charge in [-0.2, -0.15) is 0 Å². The zero-order valence-electron chi connectivity index (χ0n) is 17.7. The number of carbonyl (C=O) groups is 1. The van der Waals surface area contributed by atoms with Crippen LogP contribution < -0.4 is 5.32 Å². The summed E-state index contributed by atoms with van der Waals surface area (Å²) >= 11 is 6.01. The van der Waals surface area contributed by atoms with Gasteiger partial charge in [-0.05, 0) is 55.1 Å². The lowest BCUT2D eigenvalue weighted by Gasteiger charge is -2.33. The fourth-order valence-corrected chi connectivity index (χ4v) is 4.60. The maximum absolute atomic E-state index is 12.5. The summed E-state index contributed by atoms with van der Waals surface area (Å²) in [6.07, 6.45) is 3.05. The summed E-state index contributed by atoms with van der Waals surface area (Å²) in [5.41, 5.74) is 3.37. The van der Waals surface area contributed by atoms with Gasteiger partial charge in [0.05, 0.1) is 0 Å². The molecule has 0 aliphatic carbocycles. The largest absolute Gasteiger partial charge is 0.349 e. The molecule has 0 atom stereocenters. The topological polar surface area (TPSA) is 32.3 Å². The van der Waals surface area contributed by atoms with Crippen LogP contribution in [0.4, 0.5) is 0 Å². The molecule has 0 aromatic heterocycles. The van der Waals surface area contributed by atoms with Gasteiger partial charge < -0.3 is 10.2 Å². The van der Waals surface area contributed by atoms with Crippen molar-refractivity contribution in [2.75, 3.05) is 19.6 Å². The van der Waals surface area contributed by atoms with Crippen molar-refractivity contribution in [3.8, 4) is 0 Å². The standard InChI is InChI=1S/C27H29ClN2O/c28-24-13-7-12-23(20-24)27(31)29-25-14-17-30(18-15-25)19-16-26(21-8-3-1-4-9-21)22-10-5-2-6-11-22/h1-13,20,25-26H,14-19H2,(H,29,31). The Morgan fingerprint density at radius 2 is 1.52 bits per heavy atom. The molecule has 1 amide bonds. The van der Waals surface area contributed by atoms with Crippen LogP contribution in [0.3, 0.4) is 0 Å². The molecule has 1 fully saturated rings. The normalized spacial score (nSPS) is 15.2. The average molecular weight is 433 g/mol. The maximum atomic E-state index is 12.5. The number of piperidine rings is 1. The van der Waals surface area contributed by atoms with Gasteiger partial charge >= 0.3 is 0 Å². The van der Waals surface area contributed by atoms with Crippen LogP contribution in [0.15, 0.2) is 84.9 Å². The van der Waals surface area contributed by atoms with Crippen molar-refractivity contribution in [1.29, 1.82) is 0 Å². The van der Waals surface area contributed by atoms with Crippen LogP contribution in [-0.2, 0) is 0 Å². The summed E-state index contributed by atoms with van der Waals surface area (Å²) in [5, 5.41) is 3.77. The fourth-order valence-electron chi connectivity index (χ4n) is 4.41. The minimum atomic E-state index is -0.0332. The van der Waals surface area contributed by atoms with E-state index in [1.807, 2.05) is 12.1 Å². The van der Waals surface area contributed by atoms with Crippen molar-refractivity contribution in [3.05, 3.63) is 107 Å². The Balaban J connectivity index is 1.30. The van der Waals surface area contributed by atoms with E-state index in [4.69, 9.17) is 11.6 Å². The number of halogens is 1. The van der Waals surface area contributed by atoms with E-state index in [2.05, 4.69) is 70.9 Å². The maximum Gasteiger partial charge on any atom is 0.251 e. The van der Waals surface area contributed by atoms with Gasteiger partial charge in [0.15, 0.2) is 0 Å². The Bertz CT molecular complexity index is 929. The van der Waals surface area contributed by atoms with Gasteiger partial charge in [0.25, 0.3) is 5.91 Å². The zero-order valence-corrected chi connectivity index (χ0v) is 18.5. The van der Waals surface area contributed by atoms with Gasteiger partial charge in [-0.25, -0.2) is 0 Å². The fraction of sp³-hybridized carbons (Fsp3) is 0.296. The van der Waals surface area contributed by atoms with Gasteiger partial charge in [0.1, 0.15) is 0 Å². The number of nitrogens with zero attached hydrogens (tertiary/aromatic N) is 1. The molecule has 3 aromatic carbocycles. The van der Waals surface area contributed by atoms with Crippen LogP contribution in [0, 0.1) is 0 Å². The SMILES string of the molecule is O=C(NC1CCN(CCC(c2ccccc2)c2ccccc2)CC1)c1cccc(Cl)c1. The van der Waals surface area contributed by atoms with E-state index in [1.165, 1.54) is 11.1 Å². The first kappa shape index (κ1) is 21.6. The first-order valence-electron chi connectivity index (χ1n) is 11.1. The van der Waals surface area contributed by atoms with Crippen molar-refractivity contribution in [1.82, 2.24) is 10.2 Å². The highest BCUT2D eigenvalue weighted by atomic mass is 35.5. The van der Waals surface area contributed by atoms with Crippen molar-refractivity contribution in [2.24, 2.45) is 0 Å². The van der Waals surface area contributed by atoms with Gasteiger partial charge in [-0.1, -0.05) is 78.3 Å². The monoisotopic (exact) mass is 432 g/mol. The van der Waals surface area contributed by atoms with E-state index in [0.717, 1.165) is 38.9 Å². The predicted molar refractivity (Wildman–Crippen MR) is 128 cm³/mol. The molecule has 31 heavy (non-hydrogen) atoms. The van der Waals surface area contributed by atoms with E-state index in [9.17, 15) is 4.79 Å². The van der Waals surface area contributed by atoms with Crippen LogP contribution >= 0.6 is 11.6 Å². The summed E-state index contributed by atoms with van der Waals surface area (Å²) in [6, 6.07) is 28.9. The van der Waals surface area contributed by atoms with Crippen molar-refractivity contribution in [3.63, 3.8) is 0 Å². The van der Waals surface area contributed by atoms with Crippen LogP contribution in [0.2, 0.25) is 5.02 Å². The average Bonchev–Trinajstić information content (AvgIpc) is 2.82. The van der Waals surface area contributed by atoms with E-state index in [1.54, 1.807) is 12.1 Å². The Hall–Kier alpha value is -2.62. The Labute approximate surface area is 190 Å². The molecule has 3 aromatic rings. The highest BCUT2D eigenvalue weighted by Gasteiger charge is 2.22. The minimum absolute atomic E-state index is 0.0332. The number of hydrogen-bond donors (Lipinski definition) is 1. The molecule has 0 bridgehead atoms. The van der Waals surface area contributed by atoms with Gasteiger partial charge in [0, 0.05) is 35.6 Å². The molecule has 1 aliphatic heterocycles. The Morgan fingerprint density at radius 3 is 2.10 bits per heavy atom. The number of benzene rings is 3. The molecular weight excluding hydrogens is 404 g/mol. The second-order valence-electron chi connectivity index (χ2n) is 8.26. The third-order valence-corrected chi connectivity index (χ3v) is 6.38. The van der Waals surface area contributed by atoms with Gasteiger partial charge in [-0.15, -0.1) is 0 Å². The van der Waals surface area contributed by atoms with Crippen LogP contribution in [0.25, 0.3) is 0 Å². The van der Waals surface area contributed by atoms with Crippen molar-refractivity contribution in [2.45, 2.75) is 31.2 Å². The molecule has 1 N–H and O–H groups in total. The van der Waals surface area contributed by atoms with Crippen LogP contribution in [0.1, 0.15) is 46.7 Å². The van der Waals surface area contributed by atoms with Crippen molar-refractivity contribution < 1.29 is 4.79 Å². The number of likely N-dealkylation sites (tertiary alicyclic amines) is 1. The number of hydrogen-bond acceptors (Lipinski definition) is 2.